The van der Waals surface area contributed by atoms with Crippen molar-refractivity contribution in [1.29, 1.82) is 10.5 Å². The highest BCUT2D eigenvalue weighted by atomic mass is 19.1. The zero-order valence-corrected chi connectivity index (χ0v) is 13.2. The lowest BCUT2D eigenvalue weighted by molar-refractivity contribution is 0.627. The van der Waals surface area contributed by atoms with Crippen molar-refractivity contribution < 1.29 is 4.39 Å². The smallest absolute Gasteiger partial charge is 0.142 e. The maximum Gasteiger partial charge on any atom is 0.142 e. The molecule has 0 radical (unpaired) electrons. The standard InChI is InChI=1S/C19H13FN4/c1-10-14(7-12-4-3-5-13(20)6-12)17-11(2)16(9-22)19(23)24-18(17)15(10)8-21/h3-7H,1-2H3,(H2,23,24). The Hall–Kier alpha value is -3.44. The molecule has 0 aliphatic heterocycles. The third kappa shape index (κ3) is 2.24. The molecule has 2 N–H and O–H groups in total. The van der Waals surface area contributed by atoms with Gasteiger partial charge in [-0.1, -0.05) is 12.1 Å². The van der Waals surface area contributed by atoms with Gasteiger partial charge in [0.05, 0.1) is 16.8 Å². The number of nitriles is 2. The fourth-order valence-corrected chi connectivity index (χ4v) is 2.96. The highest BCUT2D eigenvalue weighted by molar-refractivity contribution is 6.08. The molecule has 1 aromatic carbocycles. The molecule has 0 atom stereocenters. The minimum Gasteiger partial charge on any atom is -0.383 e. The number of nitrogen functional groups attached to an aromatic ring is 1. The van der Waals surface area contributed by atoms with Gasteiger partial charge >= 0.3 is 0 Å². The molecule has 0 unspecified atom stereocenters. The Morgan fingerprint density at radius 1 is 1.21 bits per heavy atom. The SMILES string of the molecule is CC1=C(C#N)c2nc(N)c(C#N)c(C)c2C1=Cc1cccc(F)c1. The molecule has 24 heavy (non-hydrogen) atoms. The Morgan fingerprint density at radius 3 is 2.58 bits per heavy atom. The number of rotatable bonds is 1. The summed E-state index contributed by atoms with van der Waals surface area (Å²) in [6.45, 7) is 3.59. The van der Waals surface area contributed by atoms with Crippen LogP contribution < -0.4 is 5.73 Å². The largest absolute Gasteiger partial charge is 0.383 e. The molecule has 1 aliphatic rings. The fourth-order valence-electron chi connectivity index (χ4n) is 2.96. The highest BCUT2D eigenvalue weighted by Crippen LogP contribution is 2.44. The van der Waals surface area contributed by atoms with Crippen LogP contribution in [0.5, 0.6) is 0 Å². The number of allylic oxidation sites excluding steroid dienone is 3. The minimum absolute atomic E-state index is 0.112. The van der Waals surface area contributed by atoms with Gasteiger partial charge in [-0.3, -0.25) is 0 Å². The van der Waals surface area contributed by atoms with E-state index in [1.165, 1.54) is 12.1 Å². The van der Waals surface area contributed by atoms with E-state index in [4.69, 9.17) is 5.73 Å². The molecule has 0 fully saturated rings. The van der Waals surface area contributed by atoms with Crippen LogP contribution >= 0.6 is 0 Å². The molecule has 5 heteroatoms. The summed E-state index contributed by atoms with van der Waals surface area (Å²) in [6.07, 6.45) is 1.80. The monoisotopic (exact) mass is 316 g/mol. The Kier molecular flexibility index (Phi) is 3.63. The molecule has 3 rings (SSSR count). The molecule has 0 spiro atoms. The minimum atomic E-state index is -0.338. The molecule has 2 aromatic rings. The Bertz CT molecular complexity index is 1020. The summed E-state index contributed by atoms with van der Waals surface area (Å²) in [7, 11) is 0. The predicted octanol–water partition coefficient (Wildman–Crippen LogP) is 3.83. The van der Waals surface area contributed by atoms with Gasteiger partial charge in [0.25, 0.3) is 0 Å². The first kappa shape index (κ1) is 15.5. The second kappa shape index (κ2) is 5.64. The van der Waals surface area contributed by atoms with Crippen molar-refractivity contribution >= 4 is 23.0 Å². The van der Waals surface area contributed by atoms with Crippen LogP contribution in [0.2, 0.25) is 0 Å². The highest BCUT2D eigenvalue weighted by Gasteiger charge is 2.29. The number of aromatic nitrogens is 1. The van der Waals surface area contributed by atoms with Gasteiger partial charge in [-0.15, -0.1) is 0 Å². The summed E-state index contributed by atoms with van der Waals surface area (Å²) in [6, 6.07) is 10.4. The Morgan fingerprint density at radius 2 is 1.96 bits per heavy atom. The molecule has 0 saturated carbocycles. The lowest BCUT2D eigenvalue weighted by Gasteiger charge is -2.11. The van der Waals surface area contributed by atoms with Crippen molar-refractivity contribution in [2.24, 2.45) is 0 Å². The lowest BCUT2D eigenvalue weighted by atomic mass is 9.95. The van der Waals surface area contributed by atoms with Crippen LogP contribution in [0.3, 0.4) is 0 Å². The number of pyridine rings is 1. The average Bonchev–Trinajstić information content (AvgIpc) is 2.79. The van der Waals surface area contributed by atoms with Crippen LogP contribution in [0.25, 0.3) is 17.2 Å². The first-order valence-corrected chi connectivity index (χ1v) is 7.27. The summed E-state index contributed by atoms with van der Waals surface area (Å²) in [5.74, 6) is -0.226. The third-order valence-corrected chi connectivity index (χ3v) is 4.14. The van der Waals surface area contributed by atoms with Crippen molar-refractivity contribution in [3.63, 3.8) is 0 Å². The molecular weight excluding hydrogens is 303 g/mol. The van der Waals surface area contributed by atoms with Crippen molar-refractivity contribution in [2.75, 3.05) is 5.73 Å². The first-order chi connectivity index (χ1) is 11.5. The molecule has 1 aromatic heterocycles. The number of fused-ring (bicyclic) bond motifs is 1. The maximum absolute atomic E-state index is 13.5. The van der Waals surface area contributed by atoms with Gasteiger partial charge in [0.2, 0.25) is 0 Å². The van der Waals surface area contributed by atoms with Crippen molar-refractivity contribution in [2.45, 2.75) is 13.8 Å². The van der Waals surface area contributed by atoms with Gasteiger partial charge in [-0.05, 0) is 54.3 Å². The summed E-state index contributed by atoms with van der Waals surface area (Å²) in [4.78, 5) is 4.26. The van der Waals surface area contributed by atoms with Crippen LogP contribution in [0.15, 0.2) is 29.8 Å². The Balaban J connectivity index is 2.34. The van der Waals surface area contributed by atoms with Gasteiger partial charge in [-0.2, -0.15) is 10.5 Å². The van der Waals surface area contributed by atoms with E-state index in [-0.39, 0.29) is 11.6 Å². The molecule has 1 heterocycles. The van der Waals surface area contributed by atoms with E-state index in [0.717, 1.165) is 11.1 Å². The number of hydrogen-bond donors (Lipinski definition) is 1. The van der Waals surface area contributed by atoms with Gasteiger partial charge in [-0.25, -0.2) is 9.37 Å². The quantitative estimate of drug-likeness (QED) is 0.866. The van der Waals surface area contributed by atoms with E-state index in [0.29, 0.717) is 33.5 Å². The van der Waals surface area contributed by atoms with Gasteiger partial charge in [0.15, 0.2) is 0 Å². The predicted molar refractivity (Wildman–Crippen MR) is 90.6 cm³/mol. The number of benzene rings is 1. The van der Waals surface area contributed by atoms with Crippen LogP contribution in [0, 0.1) is 35.4 Å². The van der Waals surface area contributed by atoms with E-state index in [1.807, 2.05) is 6.92 Å². The zero-order chi connectivity index (χ0) is 17.4. The molecular formula is C19H13FN4. The molecule has 4 nitrogen and oxygen atoms in total. The normalized spacial score (nSPS) is 14.5. The van der Waals surface area contributed by atoms with Gasteiger partial charge in [0, 0.05) is 5.56 Å². The summed E-state index contributed by atoms with van der Waals surface area (Å²) in [5, 5.41) is 18.8. The molecule has 0 bridgehead atoms. The molecule has 1 aliphatic carbocycles. The van der Waals surface area contributed by atoms with Crippen molar-refractivity contribution in [3.05, 3.63) is 63.6 Å². The molecule has 0 amide bonds. The molecule has 116 valence electrons. The number of nitrogens with zero attached hydrogens (tertiary/aromatic N) is 3. The average molecular weight is 316 g/mol. The van der Waals surface area contributed by atoms with Gasteiger partial charge < -0.3 is 5.73 Å². The maximum atomic E-state index is 13.5. The van der Waals surface area contributed by atoms with Crippen LogP contribution in [0.1, 0.15) is 34.9 Å². The zero-order valence-electron chi connectivity index (χ0n) is 13.2. The van der Waals surface area contributed by atoms with Crippen molar-refractivity contribution in [1.82, 2.24) is 4.98 Å². The van der Waals surface area contributed by atoms with Crippen LogP contribution in [0.4, 0.5) is 10.2 Å². The van der Waals surface area contributed by atoms with Crippen molar-refractivity contribution in [3.8, 4) is 12.1 Å². The molecule has 0 saturated heterocycles. The fraction of sp³-hybridized carbons (Fsp3) is 0.105. The van der Waals surface area contributed by atoms with E-state index in [2.05, 4.69) is 17.1 Å². The first-order valence-electron chi connectivity index (χ1n) is 7.27. The van der Waals surface area contributed by atoms with E-state index in [1.54, 1.807) is 25.1 Å². The number of anilines is 1. The van der Waals surface area contributed by atoms with E-state index >= 15 is 0 Å². The van der Waals surface area contributed by atoms with Gasteiger partial charge in [0.1, 0.15) is 23.8 Å². The lowest BCUT2D eigenvalue weighted by Crippen LogP contribution is -2.03. The Labute approximate surface area is 139 Å². The third-order valence-electron chi connectivity index (χ3n) is 4.14. The van der Waals surface area contributed by atoms with Crippen LogP contribution in [-0.4, -0.2) is 4.98 Å². The van der Waals surface area contributed by atoms with E-state index in [9.17, 15) is 14.9 Å². The topological polar surface area (TPSA) is 86.5 Å². The number of nitrogens with two attached hydrogens (primary N) is 1. The second-order valence-electron chi connectivity index (χ2n) is 5.56. The van der Waals surface area contributed by atoms with Crippen LogP contribution in [-0.2, 0) is 0 Å². The summed E-state index contributed by atoms with van der Waals surface area (Å²) < 4.78 is 13.5. The summed E-state index contributed by atoms with van der Waals surface area (Å²) >= 11 is 0. The van der Waals surface area contributed by atoms with E-state index < -0.39 is 0 Å². The number of halogens is 1. The summed E-state index contributed by atoms with van der Waals surface area (Å²) in [5.41, 5.74) is 10.6. The second-order valence-corrected chi connectivity index (χ2v) is 5.56. The number of hydrogen-bond acceptors (Lipinski definition) is 4.